The van der Waals surface area contributed by atoms with Crippen LogP contribution in [0.4, 0.5) is 22.0 Å². The molecule has 1 aliphatic rings. The summed E-state index contributed by atoms with van der Waals surface area (Å²) < 4.78 is 5.14. The summed E-state index contributed by atoms with van der Waals surface area (Å²) in [5, 5.41) is 9.06. The maximum atomic E-state index is 12.0. The van der Waals surface area contributed by atoms with E-state index in [1.807, 2.05) is 30.3 Å². The Labute approximate surface area is 148 Å². The number of amides is 2. The molecule has 1 fully saturated rings. The van der Waals surface area contributed by atoms with Gasteiger partial charge in [-0.3, -0.25) is 5.32 Å². The van der Waals surface area contributed by atoms with E-state index in [0.717, 1.165) is 30.0 Å². The molecule has 0 bridgehead atoms. The first-order valence-corrected chi connectivity index (χ1v) is 8.67. The van der Waals surface area contributed by atoms with Crippen LogP contribution >= 0.6 is 0 Å². The highest BCUT2D eigenvalue weighted by molar-refractivity contribution is 5.88. The van der Waals surface area contributed by atoms with Crippen molar-refractivity contribution in [1.82, 2.24) is 10.3 Å². The predicted molar refractivity (Wildman–Crippen MR) is 99.5 cm³/mol. The smallest absolute Gasteiger partial charge is 0.320 e. The Bertz CT molecular complexity index is 680. The van der Waals surface area contributed by atoms with E-state index in [9.17, 15) is 4.79 Å². The zero-order chi connectivity index (χ0) is 17.5. The van der Waals surface area contributed by atoms with Gasteiger partial charge in [-0.1, -0.05) is 19.3 Å². The van der Waals surface area contributed by atoms with E-state index in [2.05, 4.69) is 20.9 Å². The summed E-state index contributed by atoms with van der Waals surface area (Å²) in [5.41, 5.74) is 1.79. The average Bonchev–Trinajstić information content (AvgIpc) is 2.65. The summed E-state index contributed by atoms with van der Waals surface area (Å²) in [6, 6.07) is 11.4. The zero-order valence-electron chi connectivity index (χ0n) is 14.4. The van der Waals surface area contributed by atoms with E-state index < -0.39 is 0 Å². The molecule has 132 valence electrons. The first-order valence-electron chi connectivity index (χ1n) is 8.67. The summed E-state index contributed by atoms with van der Waals surface area (Å²) in [7, 11) is 1.64. The van der Waals surface area contributed by atoms with Crippen LogP contribution in [0.5, 0.6) is 5.75 Å². The molecular formula is C19H24N4O2. The fourth-order valence-electron chi connectivity index (χ4n) is 2.97. The number of rotatable bonds is 5. The Morgan fingerprint density at radius 1 is 1.04 bits per heavy atom. The van der Waals surface area contributed by atoms with Crippen molar-refractivity contribution in [2.24, 2.45) is 0 Å². The Morgan fingerprint density at radius 2 is 1.76 bits per heavy atom. The number of anilines is 3. The van der Waals surface area contributed by atoms with Gasteiger partial charge in [0.05, 0.1) is 19.0 Å². The second-order valence-electron chi connectivity index (χ2n) is 6.22. The molecule has 3 N–H and O–H groups in total. The molecule has 2 amide bonds. The highest BCUT2D eigenvalue weighted by atomic mass is 16.5. The van der Waals surface area contributed by atoms with Crippen LogP contribution in [0, 0.1) is 0 Å². The second kappa shape index (κ2) is 8.37. The largest absolute Gasteiger partial charge is 0.497 e. The molecule has 1 heterocycles. The van der Waals surface area contributed by atoms with Gasteiger partial charge in [0.1, 0.15) is 11.6 Å². The number of carbonyl (C=O) groups excluding carboxylic acids is 1. The minimum absolute atomic E-state index is 0.185. The van der Waals surface area contributed by atoms with Gasteiger partial charge in [0, 0.05) is 11.7 Å². The molecule has 0 saturated heterocycles. The Kier molecular flexibility index (Phi) is 5.72. The highest BCUT2D eigenvalue weighted by Gasteiger charge is 2.15. The van der Waals surface area contributed by atoms with Gasteiger partial charge >= 0.3 is 6.03 Å². The summed E-state index contributed by atoms with van der Waals surface area (Å²) >= 11 is 0. The van der Waals surface area contributed by atoms with Gasteiger partial charge in [0.25, 0.3) is 0 Å². The van der Waals surface area contributed by atoms with Crippen molar-refractivity contribution in [2.75, 3.05) is 17.7 Å². The molecule has 1 saturated carbocycles. The van der Waals surface area contributed by atoms with Gasteiger partial charge < -0.3 is 15.4 Å². The van der Waals surface area contributed by atoms with Gasteiger partial charge in [-0.25, -0.2) is 9.78 Å². The molecule has 0 atom stereocenters. The topological polar surface area (TPSA) is 75.3 Å². The van der Waals surface area contributed by atoms with Gasteiger partial charge in [-0.2, -0.15) is 0 Å². The Balaban J connectivity index is 1.51. The van der Waals surface area contributed by atoms with Crippen LogP contribution in [0.25, 0.3) is 0 Å². The number of hydrogen-bond donors (Lipinski definition) is 3. The maximum absolute atomic E-state index is 12.0. The summed E-state index contributed by atoms with van der Waals surface area (Å²) in [4.78, 5) is 16.3. The normalized spacial score (nSPS) is 14.6. The minimum atomic E-state index is -0.185. The van der Waals surface area contributed by atoms with Crippen molar-refractivity contribution in [3.8, 4) is 5.75 Å². The van der Waals surface area contributed by atoms with Crippen LogP contribution in [0.1, 0.15) is 32.1 Å². The molecule has 6 heteroatoms. The average molecular weight is 340 g/mol. The molecule has 0 unspecified atom stereocenters. The first-order chi connectivity index (χ1) is 12.2. The molecule has 0 aliphatic heterocycles. The number of pyridine rings is 1. The Hall–Kier alpha value is -2.76. The first kappa shape index (κ1) is 17.1. The van der Waals surface area contributed by atoms with Crippen LogP contribution in [0.15, 0.2) is 42.6 Å². The van der Waals surface area contributed by atoms with Crippen molar-refractivity contribution in [1.29, 1.82) is 0 Å². The van der Waals surface area contributed by atoms with Crippen LogP contribution in [0.3, 0.4) is 0 Å². The van der Waals surface area contributed by atoms with Crippen LogP contribution in [-0.2, 0) is 0 Å². The second-order valence-corrected chi connectivity index (χ2v) is 6.22. The fourth-order valence-corrected chi connectivity index (χ4v) is 2.97. The molecule has 0 radical (unpaired) electrons. The maximum Gasteiger partial charge on any atom is 0.320 e. The number of urea groups is 1. The third kappa shape index (κ3) is 5.11. The van der Waals surface area contributed by atoms with E-state index in [0.29, 0.717) is 5.82 Å². The summed E-state index contributed by atoms with van der Waals surface area (Å²) in [5.74, 6) is 1.35. The molecule has 1 aromatic heterocycles. The van der Waals surface area contributed by atoms with E-state index in [-0.39, 0.29) is 12.1 Å². The van der Waals surface area contributed by atoms with Crippen LogP contribution in [0.2, 0.25) is 0 Å². The number of benzene rings is 1. The van der Waals surface area contributed by atoms with Gasteiger partial charge in [0.2, 0.25) is 0 Å². The summed E-state index contributed by atoms with van der Waals surface area (Å²) in [6.07, 6.45) is 7.46. The molecule has 1 aliphatic carbocycles. The van der Waals surface area contributed by atoms with E-state index >= 15 is 0 Å². The number of hydrogen-bond acceptors (Lipinski definition) is 4. The van der Waals surface area contributed by atoms with E-state index in [1.54, 1.807) is 19.4 Å². The van der Waals surface area contributed by atoms with Gasteiger partial charge in [0.15, 0.2) is 0 Å². The number of aromatic nitrogens is 1. The molecule has 25 heavy (non-hydrogen) atoms. The number of nitrogens with one attached hydrogen (secondary N) is 3. The molecule has 6 nitrogen and oxygen atoms in total. The number of ether oxygens (including phenoxy) is 1. The molecular weight excluding hydrogens is 316 g/mol. The zero-order valence-corrected chi connectivity index (χ0v) is 14.4. The monoisotopic (exact) mass is 340 g/mol. The van der Waals surface area contributed by atoms with Crippen molar-refractivity contribution >= 4 is 23.2 Å². The van der Waals surface area contributed by atoms with Crippen molar-refractivity contribution in [3.63, 3.8) is 0 Å². The molecule has 0 spiro atoms. The Morgan fingerprint density at radius 3 is 2.40 bits per heavy atom. The number of methoxy groups -OCH3 is 1. The third-order valence-corrected chi connectivity index (χ3v) is 4.32. The lowest BCUT2D eigenvalue weighted by Crippen LogP contribution is -2.39. The van der Waals surface area contributed by atoms with E-state index in [4.69, 9.17) is 4.74 Å². The van der Waals surface area contributed by atoms with Gasteiger partial charge in [-0.15, -0.1) is 0 Å². The standard InChI is InChI=1S/C19H24N4O2/c1-25-17-10-7-15(8-11-17)21-16-9-12-18(20-13-16)23-19(24)22-14-5-3-2-4-6-14/h7-14,21H,2-6H2,1H3,(H2,20,22,23,24). The van der Waals surface area contributed by atoms with Gasteiger partial charge in [-0.05, 0) is 49.2 Å². The predicted octanol–water partition coefficient (Wildman–Crippen LogP) is 4.29. The molecule has 3 rings (SSSR count). The highest BCUT2D eigenvalue weighted by Crippen LogP contribution is 2.20. The SMILES string of the molecule is COc1ccc(Nc2ccc(NC(=O)NC3CCCCC3)nc2)cc1. The lowest BCUT2D eigenvalue weighted by molar-refractivity contribution is 0.244. The summed E-state index contributed by atoms with van der Waals surface area (Å²) in [6.45, 7) is 0. The quantitative estimate of drug-likeness (QED) is 0.759. The van der Waals surface area contributed by atoms with Crippen molar-refractivity contribution in [2.45, 2.75) is 38.1 Å². The van der Waals surface area contributed by atoms with Crippen LogP contribution < -0.4 is 20.7 Å². The van der Waals surface area contributed by atoms with Crippen molar-refractivity contribution in [3.05, 3.63) is 42.6 Å². The fraction of sp³-hybridized carbons (Fsp3) is 0.368. The molecule has 1 aromatic carbocycles. The molecule has 2 aromatic rings. The lowest BCUT2D eigenvalue weighted by Gasteiger charge is -2.22. The minimum Gasteiger partial charge on any atom is -0.497 e. The lowest BCUT2D eigenvalue weighted by atomic mass is 9.96. The number of carbonyl (C=O) groups is 1. The van der Waals surface area contributed by atoms with E-state index in [1.165, 1.54) is 19.3 Å². The van der Waals surface area contributed by atoms with Crippen molar-refractivity contribution < 1.29 is 9.53 Å². The van der Waals surface area contributed by atoms with Crippen LogP contribution in [-0.4, -0.2) is 24.2 Å². The third-order valence-electron chi connectivity index (χ3n) is 4.32. The number of nitrogens with zero attached hydrogens (tertiary/aromatic N) is 1.